The predicted octanol–water partition coefficient (Wildman–Crippen LogP) is 3.36. The number of carbonyl (C=O) groups excluding carboxylic acids is 1. The molecule has 138 valence electrons. The minimum Gasteiger partial charge on any atom is -0.373 e. The van der Waals surface area contributed by atoms with Crippen LogP contribution in [0.2, 0.25) is 0 Å². The maximum atomic E-state index is 13.7. The van der Waals surface area contributed by atoms with Crippen LogP contribution in [0.15, 0.2) is 48.5 Å². The van der Waals surface area contributed by atoms with Crippen molar-refractivity contribution < 1.29 is 13.9 Å². The second-order valence-electron chi connectivity index (χ2n) is 6.88. The fraction of sp³-hybridized carbons (Fsp3) is 0.381. The molecule has 0 aromatic heterocycles. The van der Waals surface area contributed by atoms with E-state index in [4.69, 9.17) is 4.74 Å². The van der Waals surface area contributed by atoms with Gasteiger partial charge in [-0.1, -0.05) is 36.4 Å². The van der Waals surface area contributed by atoms with Crippen LogP contribution >= 0.6 is 0 Å². The number of nitrogens with zero attached hydrogens (tertiary/aromatic N) is 1. The maximum absolute atomic E-state index is 13.7. The second kappa shape index (κ2) is 8.43. The molecule has 0 bridgehead atoms. The minimum absolute atomic E-state index is 0.0702. The van der Waals surface area contributed by atoms with Gasteiger partial charge in [-0.3, -0.25) is 9.69 Å². The summed E-state index contributed by atoms with van der Waals surface area (Å²) < 4.78 is 19.5. The Morgan fingerprint density at radius 2 is 1.69 bits per heavy atom. The molecule has 5 heteroatoms. The molecule has 0 spiro atoms. The molecule has 1 fully saturated rings. The summed E-state index contributed by atoms with van der Waals surface area (Å²) in [6, 6.07) is 14.1. The van der Waals surface area contributed by atoms with Gasteiger partial charge in [-0.25, -0.2) is 4.39 Å². The third-order valence-electron chi connectivity index (χ3n) is 4.57. The van der Waals surface area contributed by atoms with Crippen LogP contribution in [0.1, 0.15) is 35.3 Å². The molecule has 0 radical (unpaired) electrons. The Morgan fingerprint density at radius 3 is 2.38 bits per heavy atom. The summed E-state index contributed by atoms with van der Waals surface area (Å²) in [6.07, 6.45) is 0.429. The number of halogens is 1. The van der Waals surface area contributed by atoms with Gasteiger partial charge in [-0.2, -0.15) is 0 Å². The zero-order valence-electron chi connectivity index (χ0n) is 15.2. The Morgan fingerprint density at radius 1 is 1.08 bits per heavy atom. The van der Waals surface area contributed by atoms with Crippen LogP contribution < -0.4 is 5.32 Å². The first-order valence-corrected chi connectivity index (χ1v) is 9.00. The Hall–Kier alpha value is -2.24. The van der Waals surface area contributed by atoms with Gasteiger partial charge < -0.3 is 10.1 Å². The lowest BCUT2D eigenvalue weighted by molar-refractivity contribution is -0.0705. The normalized spacial score (nSPS) is 20.7. The summed E-state index contributed by atoms with van der Waals surface area (Å²) in [6.45, 7) is 7.13. The molecule has 2 aromatic rings. The van der Waals surface area contributed by atoms with E-state index in [1.165, 1.54) is 17.7 Å². The SMILES string of the molecule is C[C@H]1CN(Cc2ccccc2CNC(=O)c2ccccc2F)C[C@H](C)O1. The standard InChI is InChI=1S/C21H25FN2O2/c1-15-12-24(13-16(2)26-15)14-18-8-4-3-7-17(18)11-23-21(25)19-9-5-6-10-20(19)22/h3-10,15-16H,11-14H2,1-2H3,(H,23,25)/t15-,16-/m0/s1. The van der Waals surface area contributed by atoms with Crippen LogP contribution in [-0.2, 0) is 17.8 Å². The fourth-order valence-electron chi connectivity index (χ4n) is 3.45. The first kappa shape index (κ1) is 18.5. The van der Waals surface area contributed by atoms with E-state index in [0.717, 1.165) is 25.2 Å². The molecule has 1 N–H and O–H groups in total. The third kappa shape index (κ3) is 4.68. The minimum atomic E-state index is -0.505. The van der Waals surface area contributed by atoms with Crippen LogP contribution in [0, 0.1) is 5.82 Å². The van der Waals surface area contributed by atoms with Crippen molar-refractivity contribution in [3.8, 4) is 0 Å². The second-order valence-corrected chi connectivity index (χ2v) is 6.88. The van der Waals surface area contributed by atoms with E-state index in [1.54, 1.807) is 12.1 Å². The lowest BCUT2D eigenvalue weighted by Gasteiger charge is -2.35. The van der Waals surface area contributed by atoms with E-state index in [-0.39, 0.29) is 17.8 Å². The van der Waals surface area contributed by atoms with Crippen LogP contribution in [0.4, 0.5) is 4.39 Å². The highest BCUT2D eigenvalue weighted by Gasteiger charge is 2.22. The lowest BCUT2D eigenvalue weighted by atomic mass is 10.1. The molecule has 1 aliphatic heterocycles. The zero-order valence-corrected chi connectivity index (χ0v) is 15.2. The summed E-state index contributed by atoms with van der Waals surface area (Å²) in [7, 11) is 0. The van der Waals surface area contributed by atoms with Gasteiger partial charge in [0, 0.05) is 26.2 Å². The summed E-state index contributed by atoms with van der Waals surface area (Å²) in [5.74, 6) is -0.902. The largest absolute Gasteiger partial charge is 0.373 e. The zero-order chi connectivity index (χ0) is 18.5. The monoisotopic (exact) mass is 356 g/mol. The molecule has 4 nitrogen and oxygen atoms in total. The van der Waals surface area contributed by atoms with Crippen molar-refractivity contribution in [3.63, 3.8) is 0 Å². The number of nitrogens with one attached hydrogen (secondary N) is 1. The van der Waals surface area contributed by atoms with Gasteiger partial charge in [0.2, 0.25) is 0 Å². The van der Waals surface area contributed by atoms with Crippen LogP contribution in [-0.4, -0.2) is 36.1 Å². The predicted molar refractivity (Wildman–Crippen MR) is 99.3 cm³/mol. The molecule has 1 amide bonds. The van der Waals surface area contributed by atoms with Crippen molar-refractivity contribution in [2.75, 3.05) is 13.1 Å². The van der Waals surface area contributed by atoms with Gasteiger partial charge in [0.05, 0.1) is 17.8 Å². The summed E-state index contributed by atoms with van der Waals surface area (Å²) >= 11 is 0. The lowest BCUT2D eigenvalue weighted by Crippen LogP contribution is -2.45. The summed E-state index contributed by atoms with van der Waals surface area (Å²) in [5, 5.41) is 2.83. The van der Waals surface area contributed by atoms with Crippen molar-refractivity contribution in [2.24, 2.45) is 0 Å². The first-order chi connectivity index (χ1) is 12.5. The Bertz CT molecular complexity index is 755. The molecule has 2 aromatic carbocycles. The van der Waals surface area contributed by atoms with Crippen molar-refractivity contribution >= 4 is 5.91 Å². The Balaban J connectivity index is 1.66. The van der Waals surface area contributed by atoms with Gasteiger partial charge in [-0.05, 0) is 37.1 Å². The van der Waals surface area contributed by atoms with Crippen LogP contribution in [0.3, 0.4) is 0 Å². The van der Waals surface area contributed by atoms with Crippen LogP contribution in [0.25, 0.3) is 0 Å². The van der Waals surface area contributed by atoms with E-state index in [0.29, 0.717) is 6.54 Å². The number of morpholine rings is 1. The third-order valence-corrected chi connectivity index (χ3v) is 4.57. The molecule has 1 saturated heterocycles. The van der Waals surface area contributed by atoms with Crippen molar-refractivity contribution in [1.82, 2.24) is 10.2 Å². The summed E-state index contributed by atoms with van der Waals surface area (Å²) in [4.78, 5) is 14.6. The molecular formula is C21H25FN2O2. The molecule has 3 rings (SSSR count). The van der Waals surface area contributed by atoms with Gasteiger partial charge in [0.25, 0.3) is 5.91 Å². The van der Waals surface area contributed by atoms with Gasteiger partial charge in [0.15, 0.2) is 0 Å². The molecule has 2 atom stereocenters. The highest BCUT2D eigenvalue weighted by atomic mass is 19.1. The fourth-order valence-corrected chi connectivity index (χ4v) is 3.45. The topological polar surface area (TPSA) is 41.6 Å². The molecule has 0 aliphatic carbocycles. The number of carbonyl (C=O) groups is 1. The van der Waals surface area contributed by atoms with Crippen molar-refractivity contribution in [2.45, 2.75) is 39.1 Å². The molecule has 26 heavy (non-hydrogen) atoms. The van der Waals surface area contributed by atoms with E-state index >= 15 is 0 Å². The quantitative estimate of drug-likeness (QED) is 0.893. The first-order valence-electron chi connectivity index (χ1n) is 9.00. The Kier molecular flexibility index (Phi) is 6.01. The highest BCUT2D eigenvalue weighted by Crippen LogP contribution is 2.17. The average Bonchev–Trinajstić information content (AvgIpc) is 2.60. The van der Waals surface area contributed by atoms with Gasteiger partial charge in [-0.15, -0.1) is 0 Å². The number of hydrogen-bond acceptors (Lipinski definition) is 3. The number of hydrogen-bond donors (Lipinski definition) is 1. The van der Waals surface area contributed by atoms with E-state index in [9.17, 15) is 9.18 Å². The Labute approximate surface area is 154 Å². The van der Waals surface area contributed by atoms with Gasteiger partial charge >= 0.3 is 0 Å². The van der Waals surface area contributed by atoms with Crippen molar-refractivity contribution in [3.05, 3.63) is 71.0 Å². The van der Waals surface area contributed by atoms with Crippen molar-refractivity contribution in [1.29, 1.82) is 0 Å². The molecular weight excluding hydrogens is 331 g/mol. The molecule has 0 unspecified atom stereocenters. The number of ether oxygens (including phenoxy) is 1. The van der Waals surface area contributed by atoms with E-state index < -0.39 is 11.7 Å². The molecule has 1 heterocycles. The maximum Gasteiger partial charge on any atom is 0.254 e. The number of rotatable bonds is 5. The average molecular weight is 356 g/mol. The summed E-state index contributed by atoms with van der Waals surface area (Å²) in [5.41, 5.74) is 2.28. The van der Waals surface area contributed by atoms with Crippen LogP contribution in [0.5, 0.6) is 0 Å². The molecule has 0 saturated carbocycles. The number of benzene rings is 2. The number of amides is 1. The molecule has 1 aliphatic rings. The van der Waals surface area contributed by atoms with E-state index in [2.05, 4.69) is 30.1 Å². The van der Waals surface area contributed by atoms with Gasteiger partial charge in [0.1, 0.15) is 5.82 Å². The highest BCUT2D eigenvalue weighted by molar-refractivity contribution is 5.94. The van der Waals surface area contributed by atoms with E-state index in [1.807, 2.05) is 18.2 Å². The smallest absolute Gasteiger partial charge is 0.254 e.